The van der Waals surface area contributed by atoms with Gasteiger partial charge in [0.25, 0.3) is 0 Å². The van der Waals surface area contributed by atoms with Gasteiger partial charge < -0.3 is 4.42 Å². The highest BCUT2D eigenvalue weighted by Gasteiger charge is 2.25. The second-order valence-corrected chi connectivity index (χ2v) is 14.6. The number of nitrogens with zero attached hydrogens (tertiary/aromatic N) is 4. The van der Waals surface area contributed by atoms with E-state index in [0.717, 1.165) is 88.8 Å². The molecule has 11 aromatic rings. The summed E-state index contributed by atoms with van der Waals surface area (Å²) in [6.45, 7) is 0. The summed E-state index contributed by atoms with van der Waals surface area (Å²) in [5.41, 5.74) is 11.6. The van der Waals surface area contributed by atoms with E-state index in [2.05, 4.69) is 140 Å². The van der Waals surface area contributed by atoms with Gasteiger partial charge in [0.2, 0.25) is 0 Å². The van der Waals surface area contributed by atoms with E-state index in [1.165, 1.54) is 5.39 Å². The first-order chi connectivity index (χ1) is 29.2. The quantitative estimate of drug-likeness (QED) is 0.162. The van der Waals surface area contributed by atoms with Gasteiger partial charge in [-0.15, -0.1) is 0 Å². The molecule has 0 aliphatic carbocycles. The molecule has 0 saturated heterocycles. The molecule has 8 aromatic carbocycles. The van der Waals surface area contributed by atoms with Crippen LogP contribution < -0.4 is 0 Å². The Morgan fingerprint density at radius 2 is 0.797 bits per heavy atom. The van der Waals surface area contributed by atoms with Crippen LogP contribution in [-0.2, 0) is 0 Å². The first-order valence-electron chi connectivity index (χ1n) is 19.7. The molecule has 0 unspecified atom stereocenters. The van der Waals surface area contributed by atoms with E-state index in [4.69, 9.17) is 24.4 Å². The summed E-state index contributed by atoms with van der Waals surface area (Å²) in [6, 6.07) is 70.9. The van der Waals surface area contributed by atoms with E-state index in [0.29, 0.717) is 17.5 Å². The van der Waals surface area contributed by atoms with Crippen molar-refractivity contribution >= 4 is 32.6 Å². The van der Waals surface area contributed by atoms with Gasteiger partial charge in [0, 0.05) is 38.8 Å². The van der Waals surface area contributed by atoms with E-state index in [1.807, 2.05) is 66.7 Å². The Kier molecular flexibility index (Phi) is 8.41. The molecule has 0 saturated carbocycles. The Bertz CT molecular complexity index is 3230. The molecule has 59 heavy (non-hydrogen) atoms. The van der Waals surface area contributed by atoms with Crippen LogP contribution in [0.5, 0.6) is 0 Å². The molecule has 0 aliphatic heterocycles. The van der Waals surface area contributed by atoms with Crippen molar-refractivity contribution < 1.29 is 4.42 Å². The first-order valence-corrected chi connectivity index (χ1v) is 19.7. The molecule has 0 spiro atoms. The van der Waals surface area contributed by atoms with Crippen molar-refractivity contribution in [2.75, 3.05) is 0 Å². The fourth-order valence-corrected chi connectivity index (χ4v) is 7.99. The molecular formula is C54H34N4O. The minimum absolute atomic E-state index is 0.618. The fourth-order valence-electron chi connectivity index (χ4n) is 7.99. The summed E-state index contributed by atoms with van der Waals surface area (Å²) < 4.78 is 7.10. The van der Waals surface area contributed by atoms with Gasteiger partial charge in [-0.3, -0.25) is 0 Å². The lowest BCUT2D eigenvalue weighted by molar-refractivity contribution is 0.636. The van der Waals surface area contributed by atoms with Crippen LogP contribution in [0.2, 0.25) is 0 Å². The van der Waals surface area contributed by atoms with Crippen LogP contribution in [0.15, 0.2) is 211 Å². The summed E-state index contributed by atoms with van der Waals surface area (Å²) in [5.74, 6) is 2.71. The standard InChI is InChI=1S/C54H34N4O/c1-5-16-37(17-6-1)47-48-49(44-30-27-35-15-13-14-24-42(35)33-44)55-46-32-31-43(34-45(46)51(48)59-50(47)38-18-7-2-8-19-38)36-25-28-41(29-26-36)54-57-52(39-20-9-3-10-21-39)56-53(58-54)40-22-11-4-12-23-40/h1-34H. The van der Waals surface area contributed by atoms with Gasteiger partial charge in [0.05, 0.1) is 16.6 Å². The zero-order valence-corrected chi connectivity index (χ0v) is 31.8. The van der Waals surface area contributed by atoms with Gasteiger partial charge in [-0.25, -0.2) is 19.9 Å². The topological polar surface area (TPSA) is 64.7 Å². The maximum Gasteiger partial charge on any atom is 0.164 e. The lowest BCUT2D eigenvalue weighted by Crippen LogP contribution is -2.00. The number of hydrogen-bond acceptors (Lipinski definition) is 5. The molecule has 0 aliphatic rings. The summed E-state index contributed by atoms with van der Waals surface area (Å²) >= 11 is 0. The summed E-state index contributed by atoms with van der Waals surface area (Å²) in [6.07, 6.45) is 0. The van der Waals surface area contributed by atoms with Gasteiger partial charge in [0.1, 0.15) is 11.3 Å². The average molecular weight is 755 g/mol. The number of furan rings is 1. The van der Waals surface area contributed by atoms with E-state index in [9.17, 15) is 0 Å². The van der Waals surface area contributed by atoms with Crippen molar-refractivity contribution in [1.82, 2.24) is 19.9 Å². The SMILES string of the molecule is c1ccc(-c2nc(-c3ccccc3)nc(-c3ccc(-c4ccc5nc(-c6ccc7ccccc7c6)c6c(-c7ccccc7)c(-c7ccccc7)oc6c5c4)cc3)n2)cc1. The van der Waals surface area contributed by atoms with Crippen molar-refractivity contribution in [3.8, 4) is 79.0 Å². The Morgan fingerprint density at radius 3 is 1.41 bits per heavy atom. The number of benzene rings is 8. The monoisotopic (exact) mass is 754 g/mol. The lowest BCUT2D eigenvalue weighted by Gasteiger charge is -2.11. The third-order valence-electron chi connectivity index (χ3n) is 10.9. The van der Waals surface area contributed by atoms with Gasteiger partial charge in [-0.05, 0) is 45.7 Å². The van der Waals surface area contributed by atoms with Gasteiger partial charge in [0.15, 0.2) is 17.5 Å². The van der Waals surface area contributed by atoms with Crippen LogP contribution in [0.4, 0.5) is 0 Å². The van der Waals surface area contributed by atoms with E-state index in [1.54, 1.807) is 0 Å². The van der Waals surface area contributed by atoms with Gasteiger partial charge in [-0.1, -0.05) is 188 Å². The molecular weight excluding hydrogens is 721 g/mol. The molecule has 0 N–H and O–H groups in total. The molecule has 5 nitrogen and oxygen atoms in total. The van der Waals surface area contributed by atoms with Crippen LogP contribution in [0, 0.1) is 0 Å². The van der Waals surface area contributed by atoms with Crippen molar-refractivity contribution in [3.63, 3.8) is 0 Å². The summed E-state index contributed by atoms with van der Waals surface area (Å²) in [7, 11) is 0. The molecule has 0 fully saturated rings. The maximum atomic E-state index is 7.10. The Morgan fingerprint density at radius 1 is 0.322 bits per heavy atom. The smallest absolute Gasteiger partial charge is 0.164 e. The van der Waals surface area contributed by atoms with Crippen LogP contribution in [0.3, 0.4) is 0 Å². The molecule has 0 amide bonds. The van der Waals surface area contributed by atoms with Crippen molar-refractivity contribution in [2.45, 2.75) is 0 Å². The van der Waals surface area contributed by atoms with E-state index >= 15 is 0 Å². The van der Waals surface area contributed by atoms with Crippen LogP contribution in [0.25, 0.3) is 112 Å². The maximum absolute atomic E-state index is 7.10. The normalized spacial score (nSPS) is 11.4. The Balaban J connectivity index is 1.08. The molecule has 11 rings (SSSR count). The molecule has 3 aromatic heterocycles. The predicted molar refractivity (Wildman–Crippen MR) is 240 cm³/mol. The Hall–Kier alpha value is -8.02. The summed E-state index contributed by atoms with van der Waals surface area (Å²) in [4.78, 5) is 20.2. The van der Waals surface area contributed by atoms with Crippen LogP contribution in [0.1, 0.15) is 0 Å². The second-order valence-electron chi connectivity index (χ2n) is 14.6. The van der Waals surface area contributed by atoms with Crippen molar-refractivity contribution in [1.29, 1.82) is 0 Å². The molecule has 0 radical (unpaired) electrons. The van der Waals surface area contributed by atoms with E-state index in [-0.39, 0.29) is 0 Å². The van der Waals surface area contributed by atoms with Crippen molar-refractivity contribution in [3.05, 3.63) is 206 Å². The van der Waals surface area contributed by atoms with Gasteiger partial charge >= 0.3 is 0 Å². The third-order valence-corrected chi connectivity index (χ3v) is 10.9. The largest absolute Gasteiger partial charge is 0.455 e. The highest BCUT2D eigenvalue weighted by molar-refractivity contribution is 6.17. The molecule has 0 bridgehead atoms. The lowest BCUT2D eigenvalue weighted by atomic mass is 9.93. The minimum Gasteiger partial charge on any atom is -0.455 e. The highest BCUT2D eigenvalue weighted by Crippen LogP contribution is 2.47. The van der Waals surface area contributed by atoms with E-state index < -0.39 is 0 Å². The fraction of sp³-hybridized carbons (Fsp3) is 0. The number of fused-ring (bicyclic) bond motifs is 4. The number of pyridine rings is 1. The summed E-state index contributed by atoms with van der Waals surface area (Å²) in [5, 5.41) is 4.29. The highest BCUT2D eigenvalue weighted by atomic mass is 16.3. The zero-order chi connectivity index (χ0) is 39.1. The molecule has 5 heteroatoms. The number of aromatic nitrogens is 4. The third kappa shape index (κ3) is 6.32. The average Bonchev–Trinajstić information content (AvgIpc) is 3.73. The van der Waals surface area contributed by atoms with Crippen LogP contribution in [-0.4, -0.2) is 19.9 Å². The zero-order valence-electron chi connectivity index (χ0n) is 31.8. The van der Waals surface area contributed by atoms with Crippen LogP contribution >= 0.6 is 0 Å². The second kappa shape index (κ2) is 14.5. The molecule has 276 valence electrons. The minimum atomic E-state index is 0.618. The molecule has 3 heterocycles. The first kappa shape index (κ1) is 34.2. The van der Waals surface area contributed by atoms with Gasteiger partial charge in [-0.2, -0.15) is 0 Å². The number of hydrogen-bond donors (Lipinski definition) is 0. The Labute approximate surface area is 341 Å². The molecule has 0 atom stereocenters. The number of rotatable bonds is 7. The predicted octanol–water partition coefficient (Wildman–Crippen LogP) is 14.0. The van der Waals surface area contributed by atoms with Crippen molar-refractivity contribution in [2.24, 2.45) is 0 Å².